The van der Waals surface area contributed by atoms with Crippen LogP contribution in [0.2, 0.25) is 0 Å². The summed E-state index contributed by atoms with van der Waals surface area (Å²) in [5.41, 5.74) is 1.73. The maximum atomic E-state index is 10.8. The quantitative estimate of drug-likeness (QED) is 0.664. The molecule has 1 aliphatic rings. The number of para-hydroxylation sites is 1. The third-order valence-electron chi connectivity index (χ3n) is 2.66. The molecule has 1 aliphatic heterocycles. The Labute approximate surface area is 84.5 Å². The zero-order chi connectivity index (χ0) is 9.80. The SMILES string of the molecule is O=Cc1ccc[c]c1N1CCCCC1. The molecular formula is C12H14NO. The van der Waals surface area contributed by atoms with E-state index in [0.717, 1.165) is 30.6 Å². The van der Waals surface area contributed by atoms with Crippen molar-refractivity contribution in [2.45, 2.75) is 19.3 Å². The Hall–Kier alpha value is -1.31. The van der Waals surface area contributed by atoms with E-state index in [1.165, 1.54) is 19.3 Å². The first-order valence-electron chi connectivity index (χ1n) is 5.12. The molecular weight excluding hydrogens is 174 g/mol. The van der Waals surface area contributed by atoms with Gasteiger partial charge in [0.15, 0.2) is 6.29 Å². The van der Waals surface area contributed by atoms with Crippen molar-refractivity contribution in [2.24, 2.45) is 0 Å². The fraction of sp³-hybridized carbons (Fsp3) is 0.417. The van der Waals surface area contributed by atoms with E-state index in [1.807, 2.05) is 18.2 Å². The Morgan fingerprint density at radius 3 is 2.79 bits per heavy atom. The molecule has 0 amide bonds. The van der Waals surface area contributed by atoms with Gasteiger partial charge in [0, 0.05) is 24.7 Å². The molecule has 0 aromatic heterocycles. The molecule has 1 fully saturated rings. The van der Waals surface area contributed by atoms with Crippen molar-refractivity contribution < 1.29 is 4.79 Å². The molecule has 0 spiro atoms. The van der Waals surface area contributed by atoms with Gasteiger partial charge in [-0.05, 0) is 25.3 Å². The fourth-order valence-corrected chi connectivity index (χ4v) is 1.93. The van der Waals surface area contributed by atoms with Gasteiger partial charge in [-0.2, -0.15) is 0 Å². The van der Waals surface area contributed by atoms with Crippen LogP contribution < -0.4 is 4.90 Å². The predicted molar refractivity (Wildman–Crippen MR) is 56.7 cm³/mol. The molecule has 1 saturated heterocycles. The van der Waals surface area contributed by atoms with Crippen LogP contribution in [-0.4, -0.2) is 19.4 Å². The van der Waals surface area contributed by atoms with E-state index < -0.39 is 0 Å². The van der Waals surface area contributed by atoms with E-state index in [9.17, 15) is 4.79 Å². The molecule has 0 N–H and O–H groups in total. The Balaban J connectivity index is 2.24. The second-order valence-corrected chi connectivity index (χ2v) is 3.64. The summed E-state index contributed by atoms with van der Waals surface area (Å²) < 4.78 is 0. The minimum Gasteiger partial charge on any atom is -0.370 e. The van der Waals surface area contributed by atoms with E-state index >= 15 is 0 Å². The Morgan fingerprint density at radius 2 is 2.07 bits per heavy atom. The molecule has 0 saturated carbocycles. The summed E-state index contributed by atoms with van der Waals surface area (Å²) in [5.74, 6) is 0. The molecule has 0 bridgehead atoms. The standard InChI is InChI=1S/C12H14NO/c14-10-11-6-2-3-7-12(11)13-8-4-1-5-9-13/h2-3,6,10H,1,4-5,8-9H2. The van der Waals surface area contributed by atoms with Gasteiger partial charge in [0.1, 0.15) is 0 Å². The van der Waals surface area contributed by atoms with E-state index in [0.29, 0.717) is 0 Å². The maximum absolute atomic E-state index is 10.8. The second kappa shape index (κ2) is 4.27. The third kappa shape index (κ3) is 1.79. The lowest BCUT2D eigenvalue weighted by Crippen LogP contribution is -2.30. The number of aldehydes is 1. The van der Waals surface area contributed by atoms with Gasteiger partial charge in [-0.3, -0.25) is 4.79 Å². The molecule has 0 aliphatic carbocycles. The molecule has 0 unspecified atom stereocenters. The summed E-state index contributed by atoms with van der Waals surface area (Å²) in [6, 6.07) is 8.74. The number of anilines is 1. The largest absolute Gasteiger partial charge is 0.370 e. The van der Waals surface area contributed by atoms with Gasteiger partial charge in [-0.1, -0.05) is 12.1 Å². The number of nitrogens with zero attached hydrogens (tertiary/aromatic N) is 1. The van der Waals surface area contributed by atoms with E-state index in [4.69, 9.17) is 0 Å². The smallest absolute Gasteiger partial charge is 0.152 e. The van der Waals surface area contributed by atoms with Gasteiger partial charge < -0.3 is 4.90 Å². The monoisotopic (exact) mass is 188 g/mol. The molecule has 1 radical (unpaired) electrons. The number of benzene rings is 1. The molecule has 2 rings (SSSR count). The average molecular weight is 188 g/mol. The lowest BCUT2D eigenvalue weighted by Gasteiger charge is -2.29. The molecule has 1 aromatic rings. The van der Waals surface area contributed by atoms with Crippen LogP contribution in [0.25, 0.3) is 0 Å². The minimum absolute atomic E-state index is 0.759. The summed E-state index contributed by atoms with van der Waals surface area (Å²) in [7, 11) is 0. The van der Waals surface area contributed by atoms with Crippen molar-refractivity contribution in [3.63, 3.8) is 0 Å². The summed E-state index contributed by atoms with van der Waals surface area (Å²) in [4.78, 5) is 13.1. The van der Waals surface area contributed by atoms with Gasteiger partial charge in [0.05, 0.1) is 5.69 Å². The Morgan fingerprint density at radius 1 is 1.29 bits per heavy atom. The van der Waals surface area contributed by atoms with Gasteiger partial charge in [0.25, 0.3) is 0 Å². The number of carbonyl (C=O) groups is 1. The van der Waals surface area contributed by atoms with Crippen LogP contribution >= 0.6 is 0 Å². The lowest BCUT2D eigenvalue weighted by molar-refractivity contribution is 0.112. The first-order chi connectivity index (χ1) is 6.92. The van der Waals surface area contributed by atoms with Crippen LogP contribution in [0.3, 0.4) is 0 Å². The topological polar surface area (TPSA) is 20.3 Å². The molecule has 14 heavy (non-hydrogen) atoms. The molecule has 1 heterocycles. The highest BCUT2D eigenvalue weighted by molar-refractivity contribution is 5.84. The summed E-state index contributed by atoms with van der Waals surface area (Å²) >= 11 is 0. The van der Waals surface area contributed by atoms with Gasteiger partial charge in [-0.15, -0.1) is 0 Å². The third-order valence-corrected chi connectivity index (χ3v) is 2.66. The van der Waals surface area contributed by atoms with Crippen LogP contribution in [-0.2, 0) is 0 Å². The lowest BCUT2D eigenvalue weighted by atomic mass is 10.1. The Bertz CT molecular complexity index is 316. The van der Waals surface area contributed by atoms with Crippen LogP contribution in [0.1, 0.15) is 29.6 Å². The summed E-state index contributed by atoms with van der Waals surface area (Å²) in [5, 5.41) is 0. The first kappa shape index (κ1) is 9.25. The molecule has 0 atom stereocenters. The number of piperidine rings is 1. The first-order valence-corrected chi connectivity index (χ1v) is 5.12. The van der Waals surface area contributed by atoms with E-state index in [-0.39, 0.29) is 0 Å². The fourth-order valence-electron chi connectivity index (χ4n) is 1.93. The molecule has 2 heteroatoms. The Kier molecular flexibility index (Phi) is 2.82. The number of hydrogen-bond acceptors (Lipinski definition) is 2. The zero-order valence-electron chi connectivity index (χ0n) is 8.20. The normalized spacial score (nSPS) is 16.7. The highest BCUT2D eigenvalue weighted by atomic mass is 16.1. The molecule has 1 aromatic carbocycles. The molecule has 73 valence electrons. The van der Waals surface area contributed by atoms with Crippen LogP contribution in [0, 0.1) is 6.07 Å². The van der Waals surface area contributed by atoms with Crippen molar-refractivity contribution in [3.05, 3.63) is 29.8 Å². The van der Waals surface area contributed by atoms with Crippen molar-refractivity contribution in [3.8, 4) is 0 Å². The number of hydrogen-bond donors (Lipinski definition) is 0. The van der Waals surface area contributed by atoms with Crippen molar-refractivity contribution >= 4 is 12.0 Å². The van der Waals surface area contributed by atoms with Crippen LogP contribution in [0.15, 0.2) is 18.2 Å². The van der Waals surface area contributed by atoms with Gasteiger partial charge in [-0.25, -0.2) is 0 Å². The minimum atomic E-state index is 0.759. The highest BCUT2D eigenvalue weighted by Gasteiger charge is 2.13. The van der Waals surface area contributed by atoms with Crippen molar-refractivity contribution in [1.82, 2.24) is 0 Å². The van der Waals surface area contributed by atoms with Gasteiger partial charge in [0.2, 0.25) is 0 Å². The van der Waals surface area contributed by atoms with E-state index in [2.05, 4.69) is 11.0 Å². The van der Waals surface area contributed by atoms with Crippen molar-refractivity contribution in [2.75, 3.05) is 18.0 Å². The van der Waals surface area contributed by atoms with Crippen LogP contribution in [0.4, 0.5) is 5.69 Å². The highest BCUT2D eigenvalue weighted by Crippen LogP contribution is 2.21. The average Bonchev–Trinajstić information content (AvgIpc) is 2.30. The maximum Gasteiger partial charge on any atom is 0.152 e. The van der Waals surface area contributed by atoms with E-state index in [1.54, 1.807) is 0 Å². The predicted octanol–water partition coefficient (Wildman–Crippen LogP) is 2.29. The van der Waals surface area contributed by atoms with Gasteiger partial charge >= 0.3 is 0 Å². The van der Waals surface area contributed by atoms with Crippen molar-refractivity contribution in [1.29, 1.82) is 0 Å². The number of carbonyl (C=O) groups excluding carboxylic acids is 1. The second-order valence-electron chi connectivity index (χ2n) is 3.64. The molecule has 2 nitrogen and oxygen atoms in total. The van der Waals surface area contributed by atoms with Crippen LogP contribution in [0.5, 0.6) is 0 Å². The summed E-state index contributed by atoms with van der Waals surface area (Å²) in [6.45, 7) is 2.11. The summed E-state index contributed by atoms with van der Waals surface area (Å²) in [6.07, 6.45) is 4.67. The number of rotatable bonds is 2. The zero-order valence-corrected chi connectivity index (χ0v) is 8.20.